The van der Waals surface area contributed by atoms with Crippen LogP contribution < -0.4 is 5.73 Å². The Hall–Kier alpha value is -1.13. The van der Waals surface area contributed by atoms with Gasteiger partial charge >= 0.3 is 0 Å². The maximum Gasteiger partial charge on any atom is 0.175 e. The van der Waals surface area contributed by atoms with Crippen molar-refractivity contribution in [2.24, 2.45) is 5.73 Å². The molecule has 1 aromatic carbocycles. The molecule has 94 valence electrons. The van der Waals surface area contributed by atoms with Gasteiger partial charge in [0.05, 0.1) is 4.90 Å². The highest BCUT2D eigenvalue weighted by atomic mass is 32.2. The van der Waals surface area contributed by atoms with E-state index in [4.69, 9.17) is 5.73 Å². The first-order valence-electron chi connectivity index (χ1n) is 5.50. The summed E-state index contributed by atoms with van der Waals surface area (Å²) in [4.78, 5) is 0.327. The fourth-order valence-electron chi connectivity index (χ4n) is 1.53. The van der Waals surface area contributed by atoms with Crippen molar-refractivity contribution in [1.29, 1.82) is 0 Å². The van der Waals surface area contributed by atoms with Gasteiger partial charge in [-0.3, -0.25) is 0 Å². The third-order valence-corrected chi connectivity index (χ3v) is 3.75. The van der Waals surface area contributed by atoms with Gasteiger partial charge in [0.2, 0.25) is 0 Å². The summed E-state index contributed by atoms with van der Waals surface area (Å²) in [6, 6.07) is 6.69. The number of hydrogen-bond acceptors (Lipinski definition) is 3. The van der Waals surface area contributed by atoms with E-state index < -0.39 is 9.84 Å². The molecule has 4 heteroatoms. The Morgan fingerprint density at radius 1 is 1.35 bits per heavy atom. The number of rotatable bonds is 5. The molecule has 0 aliphatic rings. The summed E-state index contributed by atoms with van der Waals surface area (Å²) in [7, 11) is -3.13. The lowest BCUT2D eigenvalue weighted by Gasteiger charge is -2.12. The molecule has 0 saturated carbocycles. The summed E-state index contributed by atoms with van der Waals surface area (Å²) in [5.41, 5.74) is 8.07. The number of hydrogen-bond donors (Lipinski definition) is 1. The highest BCUT2D eigenvalue weighted by Crippen LogP contribution is 2.19. The molecule has 0 bridgehead atoms. The first-order valence-corrected chi connectivity index (χ1v) is 7.40. The summed E-state index contributed by atoms with van der Waals surface area (Å²) in [6.07, 6.45) is 2.91. The van der Waals surface area contributed by atoms with E-state index in [2.05, 4.69) is 6.58 Å². The number of nitrogens with two attached hydrogens (primary N) is 1. The Kier molecular flexibility index (Phi) is 4.48. The zero-order chi connectivity index (χ0) is 13.1. The molecule has 0 saturated heterocycles. The summed E-state index contributed by atoms with van der Waals surface area (Å²) in [5, 5.41) is 0. The van der Waals surface area contributed by atoms with E-state index in [1.54, 1.807) is 24.3 Å². The molecule has 17 heavy (non-hydrogen) atoms. The highest BCUT2D eigenvalue weighted by Gasteiger charge is 2.09. The predicted molar refractivity (Wildman–Crippen MR) is 70.5 cm³/mol. The van der Waals surface area contributed by atoms with Crippen molar-refractivity contribution < 1.29 is 8.42 Å². The quantitative estimate of drug-likeness (QED) is 0.820. The Labute approximate surface area is 103 Å². The lowest BCUT2D eigenvalue weighted by molar-refractivity contribution is 0.601. The Morgan fingerprint density at radius 2 is 1.88 bits per heavy atom. The summed E-state index contributed by atoms with van der Waals surface area (Å²) in [5.74, 6) is 0. The van der Waals surface area contributed by atoms with E-state index >= 15 is 0 Å². The molecule has 0 radical (unpaired) electrons. The predicted octanol–water partition coefficient (Wildman–Crippen LogP) is 2.45. The van der Waals surface area contributed by atoms with Gasteiger partial charge in [0.1, 0.15) is 0 Å². The van der Waals surface area contributed by atoms with Gasteiger partial charge in [0.25, 0.3) is 0 Å². The molecular weight excluding hydrogens is 234 g/mol. The molecule has 1 rings (SSSR count). The fourth-order valence-corrected chi connectivity index (χ4v) is 2.16. The average molecular weight is 253 g/mol. The molecule has 1 atom stereocenters. The third kappa shape index (κ3) is 4.32. The average Bonchev–Trinajstić information content (AvgIpc) is 2.25. The van der Waals surface area contributed by atoms with E-state index in [1.165, 1.54) is 6.26 Å². The van der Waals surface area contributed by atoms with Crippen molar-refractivity contribution >= 4 is 9.84 Å². The van der Waals surface area contributed by atoms with Gasteiger partial charge in [-0.15, -0.1) is 6.58 Å². The van der Waals surface area contributed by atoms with E-state index in [0.717, 1.165) is 24.0 Å². The topological polar surface area (TPSA) is 60.2 Å². The van der Waals surface area contributed by atoms with Crippen molar-refractivity contribution in [3.05, 3.63) is 42.0 Å². The largest absolute Gasteiger partial charge is 0.324 e. The Bertz CT molecular complexity index is 489. The molecule has 1 unspecified atom stereocenters. The first kappa shape index (κ1) is 13.9. The van der Waals surface area contributed by atoms with Crippen molar-refractivity contribution in [3.63, 3.8) is 0 Å². The van der Waals surface area contributed by atoms with Crippen LogP contribution in [0.2, 0.25) is 0 Å². The standard InChI is InChI=1S/C13H19NO2S/c1-10(2)4-9-13(14)11-5-7-12(8-6-11)17(3,15)16/h5-8,13H,1,4,9,14H2,2-3H3. The van der Waals surface area contributed by atoms with Crippen molar-refractivity contribution in [3.8, 4) is 0 Å². The monoisotopic (exact) mass is 253 g/mol. The molecule has 0 fully saturated rings. The minimum Gasteiger partial charge on any atom is -0.324 e. The smallest absolute Gasteiger partial charge is 0.175 e. The molecule has 1 aromatic rings. The summed E-state index contributed by atoms with van der Waals surface area (Å²) >= 11 is 0. The van der Waals surface area contributed by atoms with E-state index in [9.17, 15) is 8.42 Å². The van der Waals surface area contributed by atoms with Crippen LogP contribution in [0.1, 0.15) is 31.4 Å². The van der Waals surface area contributed by atoms with Crippen LogP contribution in [-0.4, -0.2) is 14.7 Å². The molecule has 0 spiro atoms. The fraction of sp³-hybridized carbons (Fsp3) is 0.385. The molecule has 3 nitrogen and oxygen atoms in total. The van der Waals surface area contributed by atoms with E-state index in [1.807, 2.05) is 6.92 Å². The zero-order valence-electron chi connectivity index (χ0n) is 10.3. The lowest BCUT2D eigenvalue weighted by atomic mass is 10.0. The normalized spacial score (nSPS) is 13.4. The highest BCUT2D eigenvalue weighted by molar-refractivity contribution is 7.90. The first-order chi connectivity index (χ1) is 7.80. The van der Waals surface area contributed by atoms with Gasteiger partial charge in [0, 0.05) is 12.3 Å². The molecule has 0 aromatic heterocycles. The molecule has 0 amide bonds. The van der Waals surface area contributed by atoms with Gasteiger partial charge in [0.15, 0.2) is 9.84 Å². The van der Waals surface area contributed by atoms with Crippen LogP contribution in [0.4, 0.5) is 0 Å². The number of sulfone groups is 1. The summed E-state index contributed by atoms with van der Waals surface area (Å²) in [6.45, 7) is 5.80. The van der Waals surface area contributed by atoms with Gasteiger partial charge in [-0.05, 0) is 37.5 Å². The Balaban J connectivity index is 2.77. The van der Waals surface area contributed by atoms with E-state index in [-0.39, 0.29) is 6.04 Å². The maximum atomic E-state index is 11.3. The maximum absolute atomic E-state index is 11.3. The second-order valence-corrected chi connectivity index (χ2v) is 6.46. The van der Waals surface area contributed by atoms with Crippen LogP contribution in [0, 0.1) is 0 Å². The van der Waals surface area contributed by atoms with Crippen LogP contribution in [0.15, 0.2) is 41.3 Å². The molecule has 0 aliphatic heterocycles. The zero-order valence-corrected chi connectivity index (χ0v) is 11.1. The second kappa shape index (κ2) is 5.47. The van der Waals surface area contributed by atoms with Gasteiger partial charge in [-0.2, -0.15) is 0 Å². The second-order valence-electron chi connectivity index (χ2n) is 4.44. The van der Waals surface area contributed by atoms with Gasteiger partial charge in [-0.1, -0.05) is 17.7 Å². The van der Waals surface area contributed by atoms with Crippen LogP contribution in [0.3, 0.4) is 0 Å². The van der Waals surface area contributed by atoms with Crippen molar-refractivity contribution in [2.75, 3.05) is 6.26 Å². The van der Waals surface area contributed by atoms with Crippen LogP contribution >= 0.6 is 0 Å². The van der Waals surface area contributed by atoms with Gasteiger partial charge < -0.3 is 5.73 Å². The number of allylic oxidation sites excluding steroid dienone is 1. The lowest BCUT2D eigenvalue weighted by Crippen LogP contribution is -2.10. The van der Waals surface area contributed by atoms with Crippen molar-refractivity contribution in [1.82, 2.24) is 0 Å². The Morgan fingerprint density at radius 3 is 2.29 bits per heavy atom. The minimum absolute atomic E-state index is 0.0692. The molecule has 2 N–H and O–H groups in total. The van der Waals surface area contributed by atoms with E-state index in [0.29, 0.717) is 4.90 Å². The molecular formula is C13H19NO2S. The van der Waals surface area contributed by atoms with Gasteiger partial charge in [-0.25, -0.2) is 8.42 Å². The van der Waals surface area contributed by atoms with Crippen LogP contribution in [0.25, 0.3) is 0 Å². The molecule has 0 aliphatic carbocycles. The summed E-state index contributed by atoms with van der Waals surface area (Å²) < 4.78 is 22.6. The van der Waals surface area contributed by atoms with Crippen molar-refractivity contribution in [2.45, 2.75) is 30.7 Å². The molecule has 0 heterocycles. The van der Waals surface area contributed by atoms with Crippen LogP contribution in [0.5, 0.6) is 0 Å². The number of benzene rings is 1. The minimum atomic E-state index is -3.13. The van der Waals surface area contributed by atoms with Crippen LogP contribution in [-0.2, 0) is 9.84 Å². The SMILES string of the molecule is C=C(C)CCC(N)c1ccc(S(C)(=O)=O)cc1. The third-order valence-electron chi connectivity index (χ3n) is 2.62.